The molecule has 0 aromatic heterocycles. The number of carbonyl (C=O) groups is 1. The van der Waals surface area contributed by atoms with Gasteiger partial charge in [0.05, 0.1) is 5.54 Å². The number of hydrogen-bond donors (Lipinski definition) is 1. The highest BCUT2D eigenvalue weighted by Gasteiger charge is 2.46. The van der Waals surface area contributed by atoms with Crippen LogP contribution in [0.15, 0.2) is 30.3 Å². The summed E-state index contributed by atoms with van der Waals surface area (Å²) < 4.78 is 5.29. The fraction of sp³-hybridized carbons (Fsp3) is 0.500. The molecule has 0 unspecified atom stereocenters. The van der Waals surface area contributed by atoms with E-state index in [1.54, 1.807) is 0 Å². The molecule has 92 valence electrons. The van der Waals surface area contributed by atoms with E-state index in [2.05, 4.69) is 5.32 Å². The van der Waals surface area contributed by atoms with Gasteiger partial charge >= 0.3 is 6.09 Å². The lowest BCUT2D eigenvalue weighted by molar-refractivity contribution is 0.0495. The molecule has 17 heavy (non-hydrogen) atoms. The van der Waals surface area contributed by atoms with E-state index in [1.807, 2.05) is 51.1 Å². The second-order valence-electron chi connectivity index (χ2n) is 5.58. The van der Waals surface area contributed by atoms with Crippen LogP contribution in [0.2, 0.25) is 0 Å². The van der Waals surface area contributed by atoms with E-state index in [4.69, 9.17) is 4.74 Å². The average Bonchev–Trinajstić information content (AvgIpc) is 2.97. The first kappa shape index (κ1) is 12.0. The molecule has 1 aliphatic rings. The number of nitrogens with one attached hydrogen (secondary N) is 1. The molecule has 0 spiro atoms. The average molecular weight is 233 g/mol. The maximum absolute atomic E-state index is 11.8. The maximum atomic E-state index is 11.8. The topological polar surface area (TPSA) is 38.3 Å². The summed E-state index contributed by atoms with van der Waals surface area (Å²) in [6.07, 6.45) is 1.63. The lowest BCUT2D eigenvalue weighted by Crippen LogP contribution is -2.39. The first-order valence-corrected chi connectivity index (χ1v) is 5.98. The Kier molecular flexibility index (Phi) is 2.86. The summed E-state index contributed by atoms with van der Waals surface area (Å²) >= 11 is 0. The van der Waals surface area contributed by atoms with Crippen LogP contribution in [-0.4, -0.2) is 11.7 Å². The second-order valence-corrected chi connectivity index (χ2v) is 5.58. The summed E-state index contributed by atoms with van der Waals surface area (Å²) in [6, 6.07) is 10.1. The summed E-state index contributed by atoms with van der Waals surface area (Å²) in [4.78, 5) is 11.8. The first-order chi connectivity index (χ1) is 7.91. The van der Waals surface area contributed by atoms with E-state index < -0.39 is 5.60 Å². The molecule has 1 fully saturated rings. The van der Waals surface area contributed by atoms with Crippen molar-refractivity contribution in [2.24, 2.45) is 0 Å². The Bertz CT molecular complexity index is 402. The Morgan fingerprint density at radius 2 is 1.82 bits per heavy atom. The molecule has 0 aliphatic heterocycles. The van der Waals surface area contributed by atoms with Crippen molar-refractivity contribution < 1.29 is 9.53 Å². The van der Waals surface area contributed by atoms with Crippen molar-refractivity contribution in [2.45, 2.75) is 44.8 Å². The molecule has 0 saturated heterocycles. The van der Waals surface area contributed by atoms with Gasteiger partial charge in [-0.15, -0.1) is 0 Å². The first-order valence-electron chi connectivity index (χ1n) is 5.98. The largest absolute Gasteiger partial charge is 0.444 e. The molecule has 1 aliphatic carbocycles. The minimum absolute atomic E-state index is 0.191. The number of amides is 1. The SMILES string of the molecule is CC(C)(C)OC(=O)NC1(c2ccccc2)CC1. The number of benzene rings is 1. The van der Waals surface area contributed by atoms with Gasteiger partial charge in [0.2, 0.25) is 0 Å². The number of hydrogen-bond acceptors (Lipinski definition) is 2. The van der Waals surface area contributed by atoms with Crippen LogP contribution in [0.25, 0.3) is 0 Å². The third kappa shape index (κ3) is 2.99. The van der Waals surface area contributed by atoms with Crippen molar-refractivity contribution in [3.8, 4) is 0 Å². The Hall–Kier alpha value is -1.51. The highest BCUT2D eigenvalue weighted by Crippen LogP contribution is 2.45. The van der Waals surface area contributed by atoms with Crippen LogP contribution in [0.5, 0.6) is 0 Å². The monoisotopic (exact) mass is 233 g/mol. The van der Waals surface area contributed by atoms with E-state index in [-0.39, 0.29) is 11.6 Å². The lowest BCUT2D eigenvalue weighted by atomic mass is 10.1. The fourth-order valence-corrected chi connectivity index (χ4v) is 1.87. The van der Waals surface area contributed by atoms with Gasteiger partial charge in [0, 0.05) is 0 Å². The van der Waals surface area contributed by atoms with Crippen molar-refractivity contribution in [3.63, 3.8) is 0 Å². The van der Waals surface area contributed by atoms with Crippen LogP contribution < -0.4 is 5.32 Å². The van der Waals surface area contributed by atoms with Crippen molar-refractivity contribution in [1.82, 2.24) is 5.32 Å². The molecule has 1 aromatic carbocycles. The molecule has 1 saturated carbocycles. The van der Waals surface area contributed by atoms with Crippen molar-refractivity contribution in [3.05, 3.63) is 35.9 Å². The van der Waals surface area contributed by atoms with Gasteiger partial charge in [-0.25, -0.2) is 4.79 Å². The quantitative estimate of drug-likeness (QED) is 0.851. The zero-order valence-electron chi connectivity index (χ0n) is 10.6. The number of rotatable bonds is 2. The predicted octanol–water partition coefficient (Wildman–Crippen LogP) is 3.20. The molecule has 1 N–H and O–H groups in total. The molecular formula is C14H19NO2. The van der Waals surface area contributed by atoms with Crippen LogP contribution in [0.3, 0.4) is 0 Å². The summed E-state index contributed by atoms with van der Waals surface area (Å²) in [7, 11) is 0. The van der Waals surface area contributed by atoms with Crippen molar-refractivity contribution in [1.29, 1.82) is 0 Å². The van der Waals surface area contributed by atoms with Gasteiger partial charge in [0.1, 0.15) is 5.60 Å². The summed E-state index contributed by atoms with van der Waals surface area (Å²) in [5, 5.41) is 2.98. The minimum Gasteiger partial charge on any atom is -0.444 e. The van der Waals surface area contributed by atoms with Crippen LogP contribution in [0.4, 0.5) is 4.79 Å². The highest BCUT2D eigenvalue weighted by molar-refractivity contribution is 5.70. The molecule has 3 heteroatoms. The van der Waals surface area contributed by atoms with Gasteiger partial charge in [-0.1, -0.05) is 30.3 Å². The van der Waals surface area contributed by atoms with Crippen LogP contribution in [-0.2, 0) is 10.3 Å². The third-order valence-electron chi connectivity index (χ3n) is 2.82. The Morgan fingerprint density at radius 1 is 1.24 bits per heavy atom. The highest BCUT2D eigenvalue weighted by atomic mass is 16.6. The summed E-state index contributed by atoms with van der Waals surface area (Å²) in [6.45, 7) is 5.61. The molecule has 1 aromatic rings. The van der Waals surface area contributed by atoms with Crippen molar-refractivity contribution in [2.75, 3.05) is 0 Å². The van der Waals surface area contributed by atoms with E-state index in [1.165, 1.54) is 0 Å². The van der Waals surface area contributed by atoms with Crippen LogP contribution in [0.1, 0.15) is 39.2 Å². The standard InChI is InChI=1S/C14H19NO2/c1-13(2,3)17-12(16)15-14(9-10-14)11-7-5-4-6-8-11/h4-8H,9-10H2,1-3H3,(H,15,16). The lowest BCUT2D eigenvalue weighted by Gasteiger charge is -2.23. The minimum atomic E-state index is -0.448. The molecule has 1 amide bonds. The van der Waals surface area contributed by atoms with Crippen LogP contribution >= 0.6 is 0 Å². The van der Waals surface area contributed by atoms with Gasteiger partial charge in [-0.3, -0.25) is 0 Å². The molecule has 3 nitrogen and oxygen atoms in total. The number of alkyl carbamates (subject to hydrolysis) is 1. The van der Waals surface area contributed by atoms with Gasteiger partial charge < -0.3 is 10.1 Å². The normalized spacial score (nSPS) is 17.4. The zero-order valence-corrected chi connectivity index (χ0v) is 10.6. The predicted molar refractivity (Wildman–Crippen MR) is 66.7 cm³/mol. The Morgan fingerprint density at radius 3 is 2.29 bits per heavy atom. The molecule has 2 rings (SSSR count). The molecular weight excluding hydrogens is 214 g/mol. The van der Waals surface area contributed by atoms with Gasteiger partial charge in [-0.05, 0) is 39.2 Å². The molecule has 0 bridgehead atoms. The van der Waals surface area contributed by atoms with E-state index in [0.29, 0.717) is 0 Å². The van der Waals surface area contributed by atoms with Crippen LogP contribution in [0, 0.1) is 0 Å². The van der Waals surface area contributed by atoms with E-state index >= 15 is 0 Å². The molecule has 0 heterocycles. The molecule has 0 radical (unpaired) electrons. The van der Waals surface area contributed by atoms with Crippen molar-refractivity contribution >= 4 is 6.09 Å². The Labute approximate surface area is 102 Å². The smallest absolute Gasteiger partial charge is 0.408 e. The second kappa shape index (κ2) is 4.06. The van der Waals surface area contributed by atoms with Gasteiger partial charge in [-0.2, -0.15) is 0 Å². The third-order valence-corrected chi connectivity index (χ3v) is 2.82. The van der Waals surface area contributed by atoms with Gasteiger partial charge in [0.15, 0.2) is 0 Å². The maximum Gasteiger partial charge on any atom is 0.408 e. The fourth-order valence-electron chi connectivity index (χ4n) is 1.87. The Balaban J connectivity index is 2.02. The number of ether oxygens (including phenoxy) is 1. The number of carbonyl (C=O) groups excluding carboxylic acids is 1. The van der Waals surface area contributed by atoms with E-state index in [9.17, 15) is 4.79 Å². The summed E-state index contributed by atoms with van der Waals surface area (Å²) in [5.41, 5.74) is 0.520. The molecule has 0 atom stereocenters. The van der Waals surface area contributed by atoms with Gasteiger partial charge in [0.25, 0.3) is 0 Å². The summed E-state index contributed by atoms with van der Waals surface area (Å²) in [5.74, 6) is 0. The van der Waals surface area contributed by atoms with E-state index in [0.717, 1.165) is 18.4 Å². The zero-order chi connectivity index (χ0) is 12.5.